The zero-order valence-electron chi connectivity index (χ0n) is 20.5. The molecule has 34 heavy (non-hydrogen) atoms. The third-order valence-electron chi connectivity index (χ3n) is 7.10. The van der Waals surface area contributed by atoms with Gasteiger partial charge in [-0.3, -0.25) is 24.1 Å². The van der Waals surface area contributed by atoms with Crippen molar-refractivity contribution in [1.82, 2.24) is 10.2 Å². The maximum Gasteiger partial charge on any atom is 0.314 e. The maximum absolute atomic E-state index is 13.0. The summed E-state index contributed by atoms with van der Waals surface area (Å²) in [6.45, 7) is 7.57. The fourth-order valence-corrected chi connectivity index (χ4v) is 5.45. The number of hydrogen-bond acceptors (Lipinski definition) is 8. The molecule has 3 aliphatic heterocycles. The zero-order valence-corrected chi connectivity index (χ0v) is 20.5. The van der Waals surface area contributed by atoms with Gasteiger partial charge in [0.1, 0.15) is 30.0 Å². The number of amides is 2. The van der Waals surface area contributed by atoms with Crippen molar-refractivity contribution in [2.75, 3.05) is 0 Å². The van der Waals surface area contributed by atoms with Crippen molar-refractivity contribution < 1.29 is 38.1 Å². The zero-order chi connectivity index (χ0) is 24.7. The van der Waals surface area contributed by atoms with Crippen molar-refractivity contribution in [3.63, 3.8) is 0 Å². The summed E-state index contributed by atoms with van der Waals surface area (Å²) in [7, 11) is 0. The normalized spacial score (nSPS) is 35.1. The van der Waals surface area contributed by atoms with Gasteiger partial charge in [-0.25, -0.2) is 0 Å². The Morgan fingerprint density at radius 2 is 1.56 bits per heavy atom. The Balaban J connectivity index is 1.61. The molecular weight excluding hydrogens is 444 g/mol. The van der Waals surface area contributed by atoms with Gasteiger partial charge in [0.05, 0.1) is 0 Å². The molecule has 10 heteroatoms. The highest BCUT2D eigenvalue weighted by atomic mass is 16.8. The van der Waals surface area contributed by atoms with Crippen LogP contribution in [0.15, 0.2) is 0 Å². The van der Waals surface area contributed by atoms with E-state index in [4.69, 9.17) is 18.9 Å². The van der Waals surface area contributed by atoms with Crippen LogP contribution in [0, 0.1) is 0 Å². The van der Waals surface area contributed by atoms with E-state index < -0.39 is 59.7 Å². The molecule has 0 aromatic heterocycles. The first kappa shape index (κ1) is 24.9. The van der Waals surface area contributed by atoms with Crippen molar-refractivity contribution in [3.05, 3.63) is 0 Å². The number of carbonyl (C=O) groups is 4. The van der Waals surface area contributed by atoms with E-state index in [0.29, 0.717) is 12.8 Å². The fourth-order valence-electron chi connectivity index (χ4n) is 5.45. The van der Waals surface area contributed by atoms with Gasteiger partial charge in [-0.05, 0) is 26.7 Å². The Morgan fingerprint density at radius 1 is 0.971 bits per heavy atom. The lowest BCUT2D eigenvalue weighted by Crippen LogP contribution is -2.70. The van der Waals surface area contributed by atoms with Crippen molar-refractivity contribution in [2.24, 2.45) is 0 Å². The summed E-state index contributed by atoms with van der Waals surface area (Å²) in [5.74, 6) is -3.28. The Bertz CT molecular complexity index is 845. The van der Waals surface area contributed by atoms with Crippen LogP contribution >= 0.6 is 0 Å². The second-order valence-corrected chi connectivity index (χ2v) is 10.2. The van der Waals surface area contributed by atoms with E-state index in [1.807, 2.05) is 13.8 Å². The third kappa shape index (κ3) is 4.42. The van der Waals surface area contributed by atoms with E-state index in [0.717, 1.165) is 25.7 Å². The predicted octanol–water partition coefficient (Wildman–Crippen LogP) is 1.93. The number of unbranched alkanes of at least 4 members (excludes halogenated alkanes) is 4. The van der Waals surface area contributed by atoms with E-state index in [1.165, 1.54) is 4.90 Å². The Kier molecular flexibility index (Phi) is 6.92. The third-order valence-corrected chi connectivity index (χ3v) is 7.10. The molecule has 3 heterocycles. The summed E-state index contributed by atoms with van der Waals surface area (Å²) >= 11 is 0. The molecule has 190 valence electrons. The van der Waals surface area contributed by atoms with Crippen molar-refractivity contribution in [2.45, 2.75) is 127 Å². The number of hydrogen-bond donors (Lipinski definition) is 1. The summed E-state index contributed by atoms with van der Waals surface area (Å²) in [4.78, 5) is 52.0. The molecule has 1 N–H and O–H groups in total. The molecular formula is C24H36N2O8. The smallest absolute Gasteiger partial charge is 0.314 e. The SMILES string of the molecule is CCCCCC(=O)O[C@@H]1CC12[C@@H](OC(=O)CCCCC)C1OC(C)(C)O[C@@H]1C1NC(=O)C(=O)N12. The molecule has 2 amide bonds. The van der Waals surface area contributed by atoms with Gasteiger partial charge in [0.2, 0.25) is 0 Å². The molecule has 6 atom stereocenters. The van der Waals surface area contributed by atoms with Crippen LogP contribution in [0.1, 0.15) is 85.5 Å². The summed E-state index contributed by atoms with van der Waals surface area (Å²) < 4.78 is 23.9. The lowest BCUT2D eigenvalue weighted by atomic mass is 9.89. The number of esters is 2. The molecule has 10 nitrogen and oxygen atoms in total. The number of rotatable bonds is 10. The van der Waals surface area contributed by atoms with Gasteiger partial charge < -0.3 is 24.3 Å². The monoisotopic (exact) mass is 480 g/mol. The van der Waals surface area contributed by atoms with Gasteiger partial charge in [0, 0.05) is 19.3 Å². The molecule has 0 aromatic carbocycles. The van der Waals surface area contributed by atoms with Crippen LogP contribution in [0.5, 0.6) is 0 Å². The number of fused-ring (bicyclic) bond motifs is 4. The van der Waals surface area contributed by atoms with Gasteiger partial charge in [-0.2, -0.15) is 0 Å². The number of ether oxygens (including phenoxy) is 4. The molecule has 0 aromatic rings. The molecule has 1 spiro atoms. The van der Waals surface area contributed by atoms with Crippen LogP contribution in [0.25, 0.3) is 0 Å². The van der Waals surface area contributed by atoms with Crippen LogP contribution in [0.3, 0.4) is 0 Å². The van der Waals surface area contributed by atoms with Crippen LogP contribution in [-0.2, 0) is 38.1 Å². The second kappa shape index (κ2) is 9.45. The van der Waals surface area contributed by atoms with Crippen molar-refractivity contribution >= 4 is 23.8 Å². The lowest BCUT2D eigenvalue weighted by molar-refractivity contribution is -0.189. The number of carbonyl (C=O) groups excluding carboxylic acids is 4. The van der Waals surface area contributed by atoms with Gasteiger partial charge in [-0.1, -0.05) is 39.5 Å². The van der Waals surface area contributed by atoms with Crippen LogP contribution in [0.2, 0.25) is 0 Å². The average molecular weight is 481 g/mol. The number of nitrogens with one attached hydrogen (secondary N) is 1. The highest BCUT2D eigenvalue weighted by molar-refractivity contribution is 6.37. The van der Waals surface area contributed by atoms with Crippen LogP contribution in [0.4, 0.5) is 0 Å². The highest BCUT2D eigenvalue weighted by Gasteiger charge is 2.79. The molecule has 1 saturated carbocycles. The van der Waals surface area contributed by atoms with Crippen molar-refractivity contribution in [3.8, 4) is 0 Å². The second-order valence-electron chi connectivity index (χ2n) is 10.2. The minimum absolute atomic E-state index is 0.234. The first-order valence-corrected chi connectivity index (χ1v) is 12.5. The Morgan fingerprint density at radius 3 is 2.18 bits per heavy atom. The first-order valence-electron chi connectivity index (χ1n) is 12.5. The number of piperidine rings is 1. The maximum atomic E-state index is 13.0. The van der Waals surface area contributed by atoms with Gasteiger partial charge in [-0.15, -0.1) is 0 Å². The van der Waals surface area contributed by atoms with Crippen molar-refractivity contribution in [1.29, 1.82) is 0 Å². The average Bonchev–Trinajstić information content (AvgIpc) is 3.22. The molecule has 4 aliphatic rings. The van der Waals surface area contributed by atoms with Crippen LogP contribution in [-0.4, -0.2) is 70.6 Å². The summed E-state index contributed by atoms with van der Waals surface area (Å²) in [6, 6.07) is 0. The highest BCUT2D eigenvalue weighted by Crippen LogP contribution is 2.57. The molecule has 4 rings (SSSR count). The molecule has 4 fully saturated rings. The van der Waals surface area contributed by atoms with E-state index in [-0.39, 0.29) is 25.2 Å². The van der Waals surface area contributed by atoms with Crippen LogP contribution < -0.4 is 5.32 Å². The molecule has 3 saturated heterocycles. The first-order chi connectivity index (χ1) is 16.1. The van der Waals surface area contributed by atoms with Gasteiger partial charge in [0.15, 0.2) is 11.9 Å². The van der Waals surface area contributed by atoms with E-state index in [9.17, 15) is 19.2 Å². The van der Waals surface area contributed by atoms with E-state index in [2.05, 4.69) is 5.32 Å². The minimum atomic E-state index is -1.16. The summed E-state index contributed by atoms with van der Waals surface area (Å²) in [6.07, 6.45) is 2.09. The van der Waals surface area contributed by atoms with Gasteiger partial charge >= 0.3 is 23.8 Å². The Labute approximate surface area is 200 Å². The van der Waals surface area contributed by atoms with Gasteiger partial charge in [0.25, 0.3) is 0 Å². The largest absolute Gasteiger partial charge is 0.460 e. The summed E-state index contributed by atoms with van der Waals surface area (Å²) in [5, 5.41) is 2.69. The fraction of sp³-hybridized carbons (Fsp3) is 0.833. The Hall–Kier alpha value is -2.20. The summed E-state index contributed by atoms with van der Waals surface area (Å²) in [5.41, 5.74) is -1.16. The number of nitrogens with zero attached hydrogens (tertiary/aromatic N) is 1. The predicted molar refractivity (Wildman–Crippen MR) is 118 cm³/mol. The van der Waals surface area contributed by atoms with E-state index in [1.54, 1.807) is 13.8 Å². The quantitative estimate of drug-likeness (QED) is 0.286. The van der Waals surface area contributed by atoms with E-state index >= 15 is 0 Å². The molecule has 0 radical (unpaired) electrons. The lowest BCUT2D eigenvalue weighted by Gasteiger charge is -2.46. The molecule has 0 bridgehead atoms. The minimum Gasteiger partial charge on any atom is -0.460 e. The molecule has 1 aliphatic carbocycles. The standard InChI is InChI=1S/C24H36N2O8/c1-5-7-9-11-15(27)31-14-13-24(14)19(32-16(28)12-10-8-6-2)17-18(34-23(3,4)33-17)20-25-21(29)22(30)26(20)24/h14,17-20H,5-13H2,1-4H3,(H,25,29)/t14-,17?,18+,19+,20?,24?/m1/s1. The topological polar surface area (TPSA) is 120 Å². The molecule has 3 unspecified atom stereocenters.